The first-order valence-electron chi connectivity index (χ1n) is 8.80. The van der Waals surface area contributed by atoms with E-state index in [2.05, 4.69) is 16.7 Å². The van der Waals surface area contributed by atoms with E-state index < -0.39 is 9.84 Å². The summed E-state index contributed by atoms with van der Waals surface area (Å²) in [5, 5.41) is 8.76. The molecule has 26 heavy (non-hydrogen) atoms. The number of carbonyl (C=O) groups is 1. The van der Waals surface area contributed by atoms with E-state index in [1.165, 1.54) is 6.92 Å². The molecule has 1 N–H and O–H groups in total. The molecule has 2 aliphatic rings. The molecule has 6 nitrogen and oxygen atoms in total. The highest BCUT2D eigenvalue weighted by Gasteiger charge is 2.47. The van der Waals surface area contributed by atoms with E-state index in [1.54, 1.807) is 4.90 Å². The molecule has 2 heterocycles. The molecule has 3 rings (SSSR count). The Bertz CT molecular complexity index is 823. The number of rotatable bonds is 3. The van der Waals surface area contributed by atoms with Crippen molar-refractivity contribution in [1.29, 1.82) is 0 Å². The first-order chi connectivity index (χ1) is 12.4. The van der Waals surface area contributed by atoms with Crippen LogP contribution < -0.4 is 0 Å². The van der Waals surface area contributed by atoms with Crippen LogP contribution in [0.3, 0.4) is 0 Å². The quantitative estimate of drug-likeness (QED) is 0.766. The van der Waals surface area contributed by atoms with E-state index >= 15 is 0 Å². The van der Waals surface area contributed by atoms with Crippen molar-refractivity contribution in [1.82, 2.24) is 9.80 Å². The number of fused-ring (bicyclic) bond motifs is 1. The third-order valence-electron chi connectivity index (χ3n) is 5.00. The standard InChI is InChI=1S/C19H24N2O4S/c1-15(23)21-10-9-20(18-13-26(24,25)14-19(18)21)12-17-7-5-16(6-8-17)4-2-3-11-22/h5-8,18-19,22H,3,9-14H2,1H3/t18-,19+/m0/s1. The van der Waals surface area contributed by atoms with Gasteiger partial charge in [0.25, 0.3) is 0 Å². The van der Waals surface area contributed by atoms with Crippen molar-refractivity contribution < 1.29 is 18.3 Å². The molecule has 2 aliphatic heterocycles. The van der Waals surface area contributed by atoms with Crippen molar-refractivity contribution in [3.8, 4) is 11.8 Å². The Morgan fingerprint density at radius 1 is 1.19 bits per heavy atom. The van der Waals surface area contributed by atoms with Gasteiger partial charge < -0.3 is 10.0 Å². The molecule has 1 amide bonds. The Hall–Kier alpha value is -1.88. The zero-order chi connectivity index (χ0) is 18.7. The smallest absolute Gasteiger partial charge is 0.219 e. The SMILES string of the molecule is CC(=O)N1CCN(Cc2ccc(C#CCCO)cc2)[C@H]2CS(=O)(=O)C[C@H]21. The summed E-state index contributed by atoms with van der Waals surface area (Å²) in [6.45, 7) is 3.47. The second kappa shape index (κ2) is 7.78. The number of piperazine rings is 1. The highest BCUT2D eigenvalue weighted by atomic mass is 32.2. The molecule has 0 saturated carbocycles. The van der Waals surface area contributed by atoms with Crippen molar-refractivity contribution in [2.75, 3.05) is 31.2 Å². The Morgan fingerprint density at radius 2 is 1.88 bits per heavy atom. The molecule has 2 saturated heterocycles. The normalized spacial score (nSPS) is 24.6. The molecule has 2 atom stereocenters. The van der Waals surface area contributed by atoms with Gasteiger partial charge in [-0.1, -0.05) is 24.0 Å². The molecule has 0 spiro atoms. The summed E-state index contributed by atoms with van der Waals surface area (Å²) >= 11 is 0. The third kappa shape index (κ3) is 4.26. The number of carbonyl (C=O) groups excluding carboxylic acids is 1. The van der Waals surface area contributed by atoms with Crippen LogP contribution in [0.1, 0.15) is 24.5 Å². The molecule has 140 valence electrons. The molecule has 0 unspecified atom stereocenters. The Balaban J connectivity index is 1.72. The summed E-state index contributed by atoms with van der Waals surface area (Å²) < 4.78 is 24.3. The number of aliphatic hydroxyl groups excluding tert-OH is 1. The number of benzene rings is 1. The highest BCUT2D eigenvalue weighted by molar-refractivity contribution is 7.91. The van der Waals surface area contributed by atoms with Crippen LogP contribution in [0.15, 0.2) is 24.3 Å². The van der Waals surface area contributed by atoms with Gasteiger partial charge >= 0.3 is 0 Å². The van der Waals surface area contributed by atoms with Crippen molar-refractivity contribution >= 4 is 15.7 Å². The van der Waals surface area contributed by atoms with Crippen molar-refractivity contribution in [2.24, 2.45) is 0 Å². The summed E-state index contributed by atoms with van der Waals surface area (Å²) in [7, 11) is -3.11. The highest BCUT2D eigenvalue weighted by Crippen LogP contribution is 2.28. The van der Waals surface area contributed by atoms with Crippen LogP contribution in [0, 0.1) is 11.8 Å². The zero-order valence-corrected chi connectivity index (χ0v) is 15.7. The topological polar surface area (TPSA) is 77.9 Å². The van der Waals surface area contributed by atoms with Crippen LogP contribution in [0.25, 0.3) is 0 Å². The molecule has 0 radical (unpaired) electrons. The van der Waals surface area contributed by atoms with E-state index in [4.69, 9.17) is 5.11 Å². The van der Waals surface area contributed by atoms with Gasteiger partial charge in [0.15, 0.2) is 9.84 Å². The summed E-state index contributed by atoms with van der Waals surface area (Å²) in [4.78, 5) is 15.7. The van der Waals surface area contributed by atoms with Crippen LogP contribution in [0.2, 0.25) is 0 Å². The molecule has 0 bridgehead atoms. The van der Waals surface area contributed by atoms with Crippen LogP contribution in [0.5, 0.6) is 0 Å². The minimum Gasteiger partial charge on any atom is -0.395 e. The van der Waals surface area contributed by atoms with E-state index in [1.807, 2.05) is 24.3 Å². The lowest BCUT2D eigenvalue weighted by atomic mass is 10.0. The van der Waals surface area contributed by atoms with Crippen LogP contribution >= 0.6 is 0 Å². The van der Waals surface area contributed by atoms with E-state index in [0.717, 1.165) is 11.1 Å². The van der Waals surface area contributed by atoms with Gasteiger partial charge in [0.2, 0.25) is 5.91 Å². The predicted octanol–water partition coefficient (Wildman–Crippen LogP) is 0.250. The van der Waals surface area contributed by atoms with Crippen molar-refractivity contribution in [2.45, 2.75) is 32.0 Å². The van der Waals surface area contributed by atoms with Gasteiger partial charge in [0.1, 0.15) is 0 Å². The average Bonchev–Trinajstić information content (AvgIpc) is 2.92. The van der Waals surface area contributed by atoms with Crippen LogP contribution in [-0.2, 0) is 21.2 Å². The number of hydrogen-bond donors (Lipinski definition) is 1. The predicted molar refractivity (Wildman–Crippen MR) is 99.0 cm³/mol. The lowest BCUT2D eigenvalue weighted by Crippen LogP contribution is -2.59. The second-order valence-electron chi connectivity index (χ2n) is 6.87. The number of sulfone groups is 1. The number of nitrogens with zero attached hydrogens (tertiary/aromatic N) is 2. The lowest BCUT2D eigenvalue weighted by Gasteiger charge is -2.43. The summed E-state index contributed by atoms with van der Waals surface area (Å²) in [6.07, 6.45) is 0.458. The van der Waals surface area contributed by atoms with Crippen molar-refractivity contribution in [3.63, 3.8) is 0 Å². The summed E-state index contributed by atoms with van der Waals surface area (Å²) in [5.41, 5.74) is 1.99. The minimum atomic E-state index is -3.11. The van der Waals surface area contributed by atoms with E-state index in [0.29, 0.717) is 26.1 Å². The Kier molecular flexibility index (Phi) is 5.66. The first-order valence-corrected chi connectivity index (χ1v) is 10.6. The Morgan fingerprint density at radius 3 is 2.54 bits per heavy atom. The fourth-order valence-corrected chi connectivity index (χ4v) is 5.77. The zero-order valence-electron chi connectivity index (χ0n) is 14.9. The molecular formula is C19H24N2O4S. The number of aliphatic hydroxyl groups is 1. The maximum absolute atomic E-state index is 12.1. The summed E-state index contributed by atoms with van der Waals surface area (Å²) in [5.74, 6) is 6.01. The van der Waals surface area contributed by atoms with Crippen molar-refractivity contribution in [3.05, 3.63) is 35.4 Å². The van der Waals surface area contributed by atoms with Gasteiger partial charge in [0, 0.05) is 44.6 Å². The Labute approximate surface area is 154 Å². The third-order valence-corrected chi connectivity index (χ3v) is 6.70. The van der Waals surface area contributed by atoms with Gasteiger partial charge in [-0.3, -0.25) is 9.69 Å². The second-order valence-corrected chi connectivity index (χ2v) is 9.02. The molecule has 0 aromatic heterocycles. The largest absolute Gasteiger partial charge is 0.395 e. The maximum Gasteiger partial charge on any atom is 0.219 e. The van der Waals surface area contributed by atoms with Gasteiger partial charge in [-0.15, -0.1) is 0 Å². The van der Waals surface area contributed by atoms with E-state index in [-0.39, 0.29) is 36.1 Å². The number of amides is 1. The fourth-order valence-electron chi connectivity index (χ4n) is 3.76. The summed E-state index contributed by atoms with van der Waals surface area (Å²) in [6, 6.07) is 7.50. The minimum absolute atomic E-state index is 0.0532. The molecule has 2 fully saturated rings. The average molecular weight is 376 g/mol. The van der Waals surface area contributed by atoms with Crippen LogP contribution in [-0.4, -0.2) is 72.5 Å². The molecular weight excluding hydrogens is 352 g/mol. The molecule has 7 heteroatoms. The molecule has 0 aliphatic carbocycles. The van der Waals surface area contributed by atoms with Gasteiger partial charge in [-0.25, -0.2) is 8.42 Å². The van der Waals surface area contributed by atoms with Gasteiger partial charge in [-0.05, 0) is 17.7 Å². The van der Waals surface area contributed by atoms with Crippen LogP contribution in [0.4, 0.5) is 0 Å². The fraction of sp³-hybridized carbons (Fsp3) is 0.526. The van der Waals surface area contributed by atoms with Gasteiger partial charge in [-0.2, -0.15) is 0 Å². The van der Waals surface area contributed by atoms with E-state index in [9.17, 15) is 13.2 Å². The van der Waals surface area contributed by atoms with Gasteiger partial charge in [0.05, 0.1) is 24.2 Å². The number of hydrogen-bond acceptors (Lipinski definition) is 5. The monoisotopic (exact) mass is 376 g/mol. The first kappa shape index (κ1) is 18.9. The lowest BCUT2D eigenvalue weighted by molar-refractivity contribution is -0.134. The maximum atomic E-state index is 12.1. The molecule has 1 aromatic carbocycles. The molecule has 1 aromatic rings.